The molecule has 1 atom stereocenters. The summed E-state index contributed by atoms with van der Waals surface area (Å²) < 4.78 is 29.3. The van der Waals surface area contributed by atoms with Crippen LogP contribution < -0.4 is 10.6 Å². The Morgan fingerprint density at radius 3 is 2.79 bits per heavy atom. The second-order valence-corrected chi connectivity index (χ2v) is 6.46. The van der Waals surface area contributed by atoms with Gasteiger partial charge in [0.05, 0.1) is 19.5 Å². The quantitative estimate of drug-likeness (QED) is 0.574. The molecule has 1 rings (SSSR count). The van der Waals surface area contributed by atoms with Crippen LogP contribution in [0.4, 0.5) is 0 Å². The van der Waals surface area contributed by atoms with Crippen LogP contribution in [0.3, 0.4) is 0 Å². The lowest BCUT2D eigenvalue weighted by Gasteiger charge is -2.23. The zero-order valence-electron chi connectivity index (χ0n) is 11.5. The molecule has 1 aliphatic heterocycles. The van der Waals surface area contributed by atoms with E-state index in [-0.39, 0.29) is 11.9 Å². The highest BCUT2D eigenvalue weighted by molar-refractivity contribution is 7.88. The number of nitrogens with zero attached hydrogens (tertiary/aromatic N) is 1. The van der Waals surface area contributed by atoms with Crippen LogP contribution in [0.25, 0.3) is 0 Å². The van der Waals surface area contributed by atoms with Gasteiger partial charge in [0.25, 0.3) is 0 Å². The molecule has 19 heavy (non-hydrogen) atoms. The van der Waals surface area contributed by atoms with Gasteiger partial charge in [-0.1, -0.05) is 6.92 Å². The van der Waals surface area contributed by atoms with Crippen molar-refractivity contribution in [3.8, 4) is 0 Å². The summed E-state index contributed by atoms with van der Waals surface area (Å²) in [6.45, 7) is 4.82. The Morgan fingerprint density at radius 1 is 1.53 bits per heavy atom. The fourth-order valence-corrected chi connectivity index (χ4v) is 2.81. The van der Waals surface area contributed by atoms with Crippen molar-refractivity contribution in [3.63, 3.8) is 0 Å². The first kappa shape index (κ1) is 16.4. The second-order valence-electron chi connectivity index (χ2n) is 4.48. The average molecular weight is 293 g/mol. The summed E-state index contributed by atoms with van der Waals surface area (Å²) in [4.78, 5) is 11.7. The van der Waals surface area contributed by atoms with E-state index in [4.69, 9.17) is 4.74 Å². The zero-order chi connectivity index (χ0) is 14.3. The molecule has 0 saturated carbocycles. The molecule has 1 fully saturated rings. The van der Waals surface area contributed by atoms with E-state index in [2.05, 4.69) is 10.6 Å². The predicted octanol–water partition coefficient (Wildman–Crippen LogP) is -1.24. The highest BCUT2D eigenvalue weighted by Crippen LogP contribution is 1.98. The van der Waals surface area contributed by atoms with Crippen LogP contribution in [0, 0.1) is 0 Å². The average Bonchev–Trinajstić information content (AvgIpc) is 2.38. The van der Waals surface area contributed by atoms with Crippen molar-refractivity contribution in [1.82, 2.24) is 14.9 Å². The zero-order valence-corrected chi connectivity index (χ0v) is 12.3. The van der Waals surface area contributed by atoms with Crippen LogP contribution in [0.5, 0.6) is 0 Å². The first-order valence-corrected chi connectivity index (χ1v) is 8.34. The molecule has 1 aliphatic rings. The number of carbonyl (C=O) groups is 1. The lowest BCUT2D eigenvalue weighted by Crippen LogP contribution is -2.51. The van der Waals surface area contributed by atoms with E-state index in [1.807, 2.05) is 0 Å². The Hall–Kier alpha value is -0.700. The SMILES string of the molecule is CCN(CCCNC(=O)C1COCCN1)S(C)(=O)=O. The minimum atomic E-state index is -3.15. The third-order valence-corrected chi connectivity index (χ3v) is 4.32. The van der Waals surface area contributed by atoms with Crippen LogP contribution in [0.2, 0.25) is 0 Å². The van der Waals surface area contributed by atoms with Crippen molar-refractivity contribution in [2.75, 3.05) is 45.6 Å². The van der Waals surface area contributed by atoms with Gasteiger partial charge in [-0.15, -0.1) is 0 Å². The molecule has 0 radical (unpaired) electrons. The lowest BCUT2D eigenvalue weighted by molar-refractivity contribution is -0.125. The Balaban J connectivity index is 2.21. The van der Waals surface area contributed by atoms with Gasteiger partial charge in [-0.25, -0.2) is 12.7 Å². The molecule has 8 heteroatoms. The van der Waals surface area contributed by atoms with Crippen LogP contribution in [0.1, 0.15) is 13.3 Å². The summed E-state index contributed by atoms with van der Waals surface area (Å²) in [6, 6.07) is -0.300. The van der Waals surface area contributed by atoms with Gasteiger partial charge in [0.1, 0.15) is 6.04 Å². The standard InChI is InChI=1S/C11H23N3O4S/c1-3-14(19(2,16)17)7-4-5-13-11(15)10-9-18-8-6-12-10/h10,12H,3-9H2,1-2H3,(H,13,15). The maximum atomic E-state index is 11.7. The highest BCUT2D eigenvalue weighted by Gasteiger charge is 2.20. The molecule has 1 amide bonds. The molecular formula is C11H23N3O4S. The molecule has 1 saturated heterocycles. The highest BCUT2D eigenvalue weighted by atomic mass is 32.2. The molecule has 0 aromatic heterocycles. The Labute approximate surface area is 114 Å². The van der Waals surface area contributed by atoms with E-state index in [9.17, 15) is 13.2 Å². The van der Waals surface area contributed by atoms with Gasteiger partial charge in [0.2, 0.25) is 15.9 Å². The summed E-state index contributed by atoms with van der Waals surface area (Å²) in [7, 11) is -3.15. The predicted molar refractivity (Wildman–Crippen MR) is 72.3 cm³/mol. The van der Waals surface area contributed by atoms with Gasteiger partial charge in [0.15, 0.2) is 0 Å². The molecule has 0 aromatic carbocycles. The molecule has 2 N–H and O–H groups in total. The molecule has 0 bridgehead atoms. The fourth-order valence-electron chi connectivity index (χ4n) is 1.88. The molecule has 0 aliphatic carbocycles. The van der Waals surface area contributed by atoms with E-state index in [1.54, 1.807) is 6.92 Å². The Bertz CT molecular complexity index is 379. The first-order valence-electron chi connectivity index (χ1n) is 6.49. The normalized spacial score (nSPS) is 20.5. The van der Waals surface area contributed by atoms with Gasteiger partial charge in [-0.3, -0.25) is 4.79 Å². The molecule has 7 nitrogen and oxygen atoms in total. The number of morpholine rings is 1. The van der Waals surface area contributed by atoms with Gasteiger partial charge >= 0.3 is 0 Å². The summed E-state index contributed by atoms with van der Waals surface area (Å²) in [5.74, 6) is -0.0953. The number of nitrogens with one attached hydrogen (secondary N) is 2. The van der Waals surface area contributed by atoms with E-state index >= 15 is 0 Å². The van der Waals surface area contributed by atoms with E-state index in [1.165, 1.54) is 10.6 Å². The smallest absolute Gasteiger partial charge is 0.239 e. The number of hydrogen-bond donors (Lipinski definition) is 2. The number of hydrogen-bond acceptors (Lipinski definition) is 5. The van der Waals surface area contributed by atoms with Gasteiger partial charge < -0.3 is 15.4 Å². The number of sulfonamides is 1. The summed E-state index contributed by atoms with van der Waals surface area (Å²) in [5, 5.41) is 5.84. The summed E-state index contributed by atoms with van der Waals surface area (Å²) in [5.41, 5.74) is 0. The van der Waals surface area contributed by atoms with Crippen molar-refractivity contribution in [2.24, 2.45) is 0 Å². The van der Waals surface area contributed by atoms with E-state index in [0.717, 1.165) is 0 Å². The maximum absolute atomic E-state index is 11.7. The van der Waals surface area contributed by atoms with Gasteiger partial charge in [0, 0.05) is 26.2 Å². The summed E-state index contributed by atoms with van der Waals surface area (Å²) >= 11 is 0. The van der Waals surface area contributed by atoms with Crippen LogP contribution in [-0.4, -0.2) is 70.3 Å². The van der Waals surface area contributed by atoms with Gasteiger partial charge in [-0.05, 0) is 6.42 Å². The van der Waals surface area contributed by atoms with Crippen molar-refractivity contribution in [2.45, 2.75) is 19.4 Å². The van der Waals surface area contributed by atoms with Crippen LogP contribution >= 0.6 is 0 Å². The van der Waals surface area contributed by atoms with Gasteiger partial charge in [-0.2, -0.15) is 0 Å². The summed E-state index contributed by atoms with van der Waals surface area (Å²) in [6.07, 6.45) is 1.79. The maximum Gasteiger partial charge on any atom is 0.239 e. The van der Waals surface area contributed by atoms with Crippen molar-refractivity contribution >= 4 is 15.9 Å². The third-order valence-electron chi connectivity index (χ3n) is 2.94. The molecule has 112 valence electrons. The molecule has 0 spiro atoms. The van der Waals surface area contributed by atoms with Crippen molar-refractivity contribution in [1.29, 1.82) is 0 Å². The molecule has 1 heterocycles. The Kier molecular flexibility index (Phi) is 6.70. The molecule has 1 unspecified atom stereocenters. The number of ether oxygens (including phenoxy) is 1. The largest absolute Gasteiger partial charge is 0.378 e. The van der Waals surface area contributed by atoms with Crippen molar-refractivity contribution < 1.29 is 17.9 Å². The minimum absolute atomic E-state index is 0.0953. The fraction of sp³-hybridized carbons (Fsp3) is 0.909. The van der Waals surface area contributed by atoms with E-state index < -0.39 is 10.0 Å². The lowest BCUT2D eigenvalue weighted by atomic mass is 10.2. The Morgan fingerprint density at radius 2 is 2.26 bits per heavy atom. The second kappa shape index (κ2) is 7.78. The van der Waals surface area contributed by atoms with Crippen LogP contribution in [0.15, 0.2) is 0 Å². The topological polar surface area (TPSA) is 87.7 Å². The number of rotatable bonds is 7. The first-order chi connectivity index (χ1) is 8.95. The monoisotopic (exact) mass is 293 g/mol. The van der Waals surface area contributed by atoms with E-state index in [0.29, 0.717) is 45.8 Å². The minimum Gasteiger partial charge on any atom is -0.378 e. The molecular weight excluding hydrogens is 270 g/mol. The third kappa shape index (κ3) is 5.85. The molecule has 0 aromatic rings. The van der Waals surface area contributed by atoms with Crippen LogP contribution in [-0.2, 0) is 19.6 Å². The number of carbonyl (C=O) groups excluding carboxylic acids is 1. The number of amides is 1. The van der Waals surface area contributed by atoms with Crippen molar-refractivity contribution in [3.05, 3.63) is 0 Å².